The summed E-state index contributed by atoms with van der Waals surface area (Å²) < 4.78 is 5.12. The van der Waals surface area contributed by atoms with Crippen molar-refractivity contribution < 1.29 is 9.53 Å². The molecule has 0 aliphatic rings. The molecule has 0 aliphatic carbocycles. The molecule has 1 amide bonds. The summed E-state index contributed by atoms with van der Waals surface area (Å²) in [4.78, 5) is 17.6. The molecule has 0 spiro atoms. The van der Waals surface area contributed by atoms with Gasteiger partial charge in [-0.3, -0.25) is 9.89 Å². The second kappa shape index (κ2) is 4.87. The molecule has 0 saturated heterocycles. The van der Waals surface area contributed by atoms with Crippen molar-refractivity contribution in [3.8, 4) is 5.75 Å². The Bertz CT molecular complexity index is 565. The van der Waals surface area contributed by atoms with Gasteiger partial charge in [0.2, 0.25) is 5.82 Å². The van der Waals surface area contributed by atoms with Crippen LogP contribution >= 0.6 is 0 Å². The average Bonchev–Trinajstić information content (AvgIpc) is 2.83. The number of amides is 1. The van der Waals surface area contributed by atoms with E-state index in [0.29, 0.717) is 11.6 Å². The van der Waals surface area contributed by atoms with Gasteiger partial charge in [-0.2, -0.15) is 0 Å². The Kier molecular flexibility index (Phi) is 3.27. The molecule has 18 heavy (non-hydrogen) atoms. The van der Waals surface area contributed by atoms with Crippen LogP contribution in [0.3, 0.4) is 0 Å². The highest BCUT2D eigenvalue weighted by molar-refractivity contribution is 6.03. The molecule has 0 saturated carbocycles. The molecule has 94 valence electrons. The lowest BCUT2D eigenvalue weighted by Gasteiger charge is -2.16. The smallest absolute Gasteiger partial charge is 0.297 e. The summed E-state index contributed by atoms with van der Waals surface area (Å²) in [6.07, 6.45) is 0. The van der Waals surface area contributed by atoms with Gasteiger partial charge in [-0.05, 0) is 19.1 Å². The average molecular weight is 246 g/mol. The first kappa shape index (κ1) is 12.1. The van der Waals surface area contributed by atoms with Gasteiger partial charge in [0.1, 0.15) is 11.6 Å². The summed E-state index contributed by atoms with van der Waals surface area (Å²) in [5.74, 6) is 1.18. The van der Waals surface area contributed by atoms with Crippen molar-refractivity contribution in [1.82, 2.24) is 15.2 Å². The van der Waals surface area contributed by atoms with Gasteiger partial charge >= 0.3 is 0 Å². The Hall–Kier alpha value is -2.37. The Morgan fingerprint density at radius 2 is 2.22 bits per heavy atom. The Labute approximate surface area is 105 Å². The van der Waals surface area contributed by atoms with E-state index in [9.17, 15) is 4.79 Å². The highest BCUT2D eigenvalue weighted by Gasteiger charge is 2.17. The number of rotatable bonds is 3. The van der Waals surface area contributed by atoms with Crippen LogP contribution in [-0.4, -0.2) is 35.2 Å². The molecule has 0 bridgehead atoms. The lowest BCUT2D eigenvalue weighted by Crippen LogP contribution is -2.27. The zero-order valence-corrected chi connectivity index (χ0v) is 10.5. The Morgan fingerprint density at radius 1 is 1.44 bits per heavy atom. The molecule has 2 rings (SSSR count). The monoisotopic (exact) mass is 246 g/mol. The lowest BCUT2D eigenvalue weighted by molar-refractivity contribution is 0.0983. The third kappa shape index (κ3) is 2.32. The van der Waals surface area contributed by atoms with E-state index in [2.05, 4.69) is 15.2 Å². The van der Waals surface area contributed by atoms with Gasteiger partial charge < -0.3 is 9.64 Å². The van der Waals surface area contributed by atoms with Crippen LogP contribution in [0.5, 0.6) is 5.75 Å². The van der Waals surface area contributed by atoms with Gasteiger partial charge in [0.25, 0.3) is 5.91 Å². The number of hydrogen-bond donors (Lipinski definition) is 1. The van der Waals surface area contributed by atoms with Crippen molar-refractivity contribution >= 4 is 11.6 Å². The normalized spacial score (nSPS) is 10.2. The minimum Gasteiger partial charge on any atom is -0.497 e. The maximum absolute atomic E-state index is 12.1. The van der Waals surface area contributed by atoms with Crippen molar-refractivity contribution in [2.75, 3.05) is 19.1 Å². The van der Waals surface area contributed by atoms with Crippen LogP contribution in [0.2, 0.25) is 0 Å². The first-order chi connectivity index (χ1) is 8.61. The molecule has 1 aromatic heterocycles. The van der Waals surface area contributed by atoms with Crippen LogP contribution in [0.4, 0.5) is 5.69 Å². The predicted octanol–water partition coefficient (Wildman–Crippen LogP) is 1.40. The van der Waals surface area contributed by atoms with Gasteiger partial charge in [0.15, 0.2) is 0 Å². The first-order valence-electron chi connectivity index (χ1n) is 5.43. The molecule has 0 unspecified atom stereocenters. The maximum atomic E-state index is 12.1. The van der Waals surface area contributed by atoms with Crippen LogP contribution in [0.1, 0.15) is 16.4 Å². The number of aromatic nitrogens is 3. The van der Waals surface area contributed by atoms with E-state index in [-0.39, 0.29) is 11.7 Å². The molecule has 1 heterocycles. The van der Waals surface area contributed by atoms with E-state index in [0.717, 1.165) is 5.69 Å². The Balaban J connectivity index is 2.25. The molecule has 6 nitrogen and oxygen atoms in total. The summed E-state index contributed by atoms with van der Waals surface area (Å²) in [6.45, 7) is 1.75. The van der Waals surface area contributed by atoms with Crippen LogP contribution < -0.4 is 9.64 Å². The number of aryl methyl sites for hydroxylation is 1. The standard InChI is InChI=1S/C12H14N4O2/c1-8-13-11(15-14-8)12(17)16(2)9-5-4-6-10(7-9)18-3/h4-7H,1-3H3,(H,13,14,15). The second-order valence-electron chi connectivity index (χ2n) is 3.81. The fourth-order valence-corrected chi connectivity index (χ4v) is 1.52. The van der Waals surface area contributed by atoms with E-state index in [1.165, 1.54) is 4.90 Å². The highest BCUT2D eigenvalue weighted by Crippen LogP contribution is 2.20. The van der Waals surface area contributed by atoms with Gasteiger partial charge in [0.05, 0.1) is 7.11 Å². The van der Waals surface area contributed by atoms with E-state index in [1.54, 1.807) is 27.1 Å². The zero-order chi connectivity index (χ0) is 13.1. The number of nitrogens with one attached hydrogen (secondary N) is 1. The molecule has 0 aliphatic heterocycles. The molecule has 0 atom stereocenters. The van der Waals surface area contributed by atoms with Crippen molar-refractivity contribution in [1.29, 1.82) is 0 Å². The molecule has 2 aromatic rings. The summed E-state index contributed by atoms with van der Waals surface area (Å²) in [6, 6.07) is 7.23. The van der Waals surface area contributed by atoms with Gasteiger partial charge in [-0.15, -0.1) is 5.10 Å². The number of aromatic amines is 1. The minimum absolute atomic E-state index is 0.151. The fourth-order valence-electron chi connectivity index (χ4n) is 1.52. The number of methoxy groups -OCH3 is 1. The molecular formula is C12H14N4O2. The predicted molar refractivity (Wildman–Crippen MR) is 66.8 cm³/mol. The van der Waals surface area contributed by atoms with Crippen molar-refractivity contribution in [2.45, 2.75) is 6.92 Å². The number of carbonyl (C=O) groups excluding carboxylic acids is 1. The van der Waals surface area contributed by atoms with Crippen LogP contribution in [0.15, 0.2) is 24.3 Å². The van der Waals surface area contributed by atoms with E-state index < -0.39 is 0 Å². The largest absolute Gasteiger partial charge is 0.497 e. The maximum Gasteiger partial charge on any atom is 0.297 e. The second-order valence-corrected chi connectivity index (χ2v) is 3.81. The SMILES string of the molecule is COc1cccc(N(C)C(=O)c2n[nH]c(C)n2)c1. The molecule has 6 heteroatoms. The van der Waals surface area contributed by atoms with Gasteiger partial charge in [-0.1, -0.05) is 6.07 Å². The lowest BCUT2D eigenvalue weighted by atomic mass is 10.2. The molecule has 0 radical (unpaired) electrons. The van der Waals surface area contributed by atoms with Crippen LogP contribution in [-0.2, 0) is 0 Å². The summed E-state index contributed by atoms with van der Waals surface area (Å²) in [7, 11) is 3.25. The number of nitrogens with zero attached hydrogens (tertiary/aromatic N) is 3. The zero-order valence-electron chi connectivity index (χ0n) is 10.5. The number of ether oxygens (including phenoxy) is 1. The highest BCUT2D eigenvalue weighted by atomic mass is 16.5. The topological polar surface area (TPSA) is 71.1 Å². The van der Waals surface area contributed by atoms with Crippen molar-refractivity contribution in [3.05, 3.63) is 35.9 Å². The van der Waals surface area contributed by atoms with Gasteiger partial charge in [-0.25, -0.2) is 4.98 Å². The number of carbonyl (C=O) groups is 1. The molecule has 1 aromatic carbocycles. The van der Waals surface area contributed by atoms with Gasteiger partial charge in [0, 0.05) is 18.8 Å². The molecular weight excluding hydrogens is 232 g/mol. The number of hydrogen-bond acceptors (Lipinski definition) is 4. The fraction of sp³-hybridized carbons (Fsp3) is 0.250. The first-order valence-corrected chi connectivity index (χ1v) is 5.43. The van der Waals surface area contributed by atoms with E-state index >= 15 is 0 Å². The number of H-pyrrole nitrogens is 1. The number of benzene rings is 1. The Morgan fingerprint density at radius 3 is 2.83 bits per heavy atom. The number of anilines is 1. The van der Waals surface area contributed by atoms with E-state index in [4.69, 9.17) is 4.74 Å². The third-order valence-corrected chi connectivity index (χ3v) is 2.53. The third-order valence-electron chi connectivity index (χ3n) is 2.53. The molecule has 1 N–H and O–H groups in total. The van der Waals surface area contributed by atoms with Crippen LogP contribution in [0, 0.1) is 6.92 Å². The molecule has 0 fully saturated rings. The van der Waals surface area contributed by atoms with Crippen LogP contribution in [0.25, 0.3) is 0 Å². The van der Waals surface area contributed by atoms with Crippen molar-refractivity contribution in [3.63, 3.8) is 0 Å². The quantitative estimate of drug-likeness (QED) is 0.888. The minimum atomic E-state index is -0.271. The summed E-state index contributed by atoms with van der Waals surface area (Å²) >= 11 is 0. The summed E-state index contributed by atoms with van der Waals surface area (Å²) in [5, 5.41) is 6.49. The van der Waals surface area contributed by atoms with Crippen molar-refractivity contribution in [2.24, 2.45) is 0 Å². The summed E-state index contributed by atoms with van der Waals surface area (Å²) in [5.41, 5.74) is 0.724. The van der Waals surface area contributed by atoms with E-state index in [1.807, 2.05) is 18.2 Å².